The van der Waals surface area contributed by atoms with Gasteiger partial charge >= 0.3 is 0 Å². The van der Waals surface area contributed by atoms with Crippen molar-refractivity contribution in [1.29, 1.82) is 0 Å². The summed E-state index contributed by atoms with van der Waals surface area (Å²) < 4.78 is 1.94. The number of likely N-dealkylation sites (N-methyl/N-ethyl adjacent to an activating group) is 1. The molecule has 0 bridgehead atoms. The number of aliphatic imine (C=N–C) groups is 1. The zero-order chi connectivity index (χ0) is 17.0. The molecular formula is C18H28N6. The van der Waals surface area contributed by atoms with E-state index in [0.717, 1.165) is 45.1 Å². The molecule has 0 amide bonds. The number of hydrogen-bond acceptors (Lipinski definition) is 3. The number of hydrogen-bond donors (Lipinski definition) is 2. The second kappa shape index (κ2) is 10.3. The standard InChI is InChI=1S/C18H28N6/c1-3-19-18(20-11-7-14-24-15-8-12-22-24)21-13-16-23(2)17-9-5-4-6-10-17/h4-6,8-10,12,15H,3,7,11,13-14,16H2,1-2H3,(H2,19,20,21). The van der Waals surface area contributed by atoms with Gasteiger partial charge in [-0.15, -0.1) is 0 Å². The van der Waals surface area contributed by atoms with Gasteiger partial charge < -0.3 is 15.5 Å². The van der Waals surface area contributed by atoms with E-state index in [2.05, 4.69) is 63.9 Å². The predicted octanol–water partition coefficient (Wildman–Crippen LogP) is 1.96. The van der Waals surface area contributed by atoms with Gasteiger partial charge in [-0.3, -0.25) is 9.67 Å². The minimum atomic E-state index is 0.781. The van der Waals surface area contributed by atoms with Crippen molar-refractivity contribution in [2.75, 3.05) is 38.1 Å². The number of nitrogens with zero attached hydrogens (tertiary/aromatic N) is 4. The van der Waals surface area contributed by atoms with Crippen LogP contribution in [-0.2, 0) is 6.54 Å². The molecule has 6 nitrogen and oxygen atoms in total. The van der Waals surface area contributed by atoms with Gasteiger partial charge in [0.05, 0.1) is 0 Å². The monoisotopic (exact) mass is 328 g/mol. The van der Waals surface area contributed by atoms with Gasteiger partial charge in [0.15, 0.2) is 5.96 Å². The maximum atomic E-state index is 4.62. The zero-order valence-electron chi connectivity index (χ0n) is 14.7. The Morgan fingerprint density at radius 3 is 2.75 bits per heavy atom. The Hall–Kier alpha value is -2.50. The fourth-order valence-electron chi connectivity index (χ4n) is 2.35. The normalized spacial score (nSPS) is 11.3. The summed E-state index contributed by atoms with van der Waals surface area (Å²) in [5.41, 5.74) is 1.22. The Bertz CT molecular complexity index is 579. The van der Waals surface area contributed by atoms with Crippen LogP contribution in [0.3, 0.4) is 0 Å². The van der Waals surface area contributed by atoms with E-state index in [1.165, 1.54) is 5.69 Å². The van der Waals surface area contributed by atoms with E-state index in [-0.39, 0.29) is 0 Å². The van der Waals surface area contributed by atoms with E-state index in [0.29, 0.717) is 0 Å². The van der Waals surface area contributed by atoms with Crippen molar-refractivity contribution in [3.05, 3.63) is 48.8 Å². The van der Waals surface area contributed by atoms with E-state index in [9.17, 15) is 0 Å². The first-order valence-corrected chi connectivity index (χ1v) is 8.55. The molecular weight excluding hydrogens is 300 g/mol. The van der Waals surface area contributed by atoms with Crippen LogP contribution in [0.15, 0.2) is 53.8 Å². The van der Waals surface area contributed by atoms with Crippen LogP contribution < -0.4 is 15.5 Å². The average molecular weight is 328 g/mol. The van der Waals surface area contributed by atoms with Gasteiger partial charge in [0.1, 0.15) is 0 Å². The summed E-state index contributed by atoms with van der Waals surface area (Å²) in [7, 11) is 2.10. The molecule has 0 aliphatic heterocycles. The van der Waals surface area contributed by atoms with Crippen LogP contribution in [0.25, 0.3) is 0 Å². The smallest absolute Gasteiger partial charge is 0.191 e. The molecule has 6 heteroatoms. The van der Waals surface area contributed by atoms with Crippen LogP contribution in [0.4, 0.5) is 5.69 Å². The molecule has 1 aromatic carbocycles. The molecule has 1 aromatic heterocycles. The summed E-state index contributed by atoms with van der Waals surface area (Å²) in [4.78, 5) is 6.85. The number of anilines is 1. The largest absolute Gasteiger partial charge is 0.373 e. The molecule has 0 spiro atoms. The van der Waals surface area contributed by atoms with Crippen LogP contribution in [0.1, 0.15) is 13.3 Å². The minimum Gasteiger partial charge on any atom is -0.373 e. The fraction of sp³-hybridized carbons (Fsp3) is 0.444. The minimum absolute atomic E-state index is 0.781. The number of aryl methyl sites for hydroxylation is 1. The molecule has 130 valence electrons. The van der Waals surface area contributed by atoms with Crippen molar-refractivity contribution in [3.63, 3.8) is 0 Å². The van der Waals surface area contributed by atoms with E-state index in [1.807, 2.05) is 23.0 Å². The first kappa shape index (κ1) is 17.8. The topological polar surface area (TPSA) is 57.5 Å². The summed E-state index contributed by atoms with van der Waals surface area (Å²) in [6, 6.07) is 12.3. The Balaban J connectivity index is 1.70. The lowest BCUT2D eigenvalue weighted by molar-refractivity contribution is 0.584. The highest BCUT2D eigenvalue weighted by atomic mass is 15.3. The van der Waals surface area contributed by atoms with E-state index in [1.54, 1.807) is 6.20 Å². The molecule has 2 aromatic rings. The lowest BCUT2D eigenvalue weighted by Crippen LogP contribution is -2.41. The fourth-order valence-corrected chi connectivity index (χ4v) is 2.35. The van der Waals surface area contributed by atoms with Crippen LogP contribution >= 0.6 is 0 Å². The lowest BCUT2D eigenvalue weighted by atomic mass is 10.3. The second-order valence-corrected chi connectivity index (χ2v) is 5.57. The highest BCUT2D eigenvalue weighted by Gasteiger charge is 2.01. The van der Waals surface area contributed by atoms with Crippen LogP contribution in [0.5, 0.6) is 0 Å². The number of aromatic nitrogens is 2. The molecule has 0 atom stereocenters. The quantitative estimate of drug-likeness (QED) is 0.420. The Labute approximate surface area is 144 Å². The predicted molar refractivity (Wildman–Crippen MR) is 101 cm³/mol. The molecule has 0 radical (unpaired) electrons. The molecule has 2 rings (SSSR count). The highest BCUT2D eigenvalue weighted by Crippen LogP contribution is 2.09. The summed E-state index contributed by atoms with van der Waals surface area (Å²) in [5, 5.41) is 10.9. The van der Waals surface area contributed by atoms with E-state index < -0.39 is 0 Å². The van der Waals surface area contributed by atoms with Gasteiger partial charge in [0.25, 0.3) is 0 Å². The third-order valence-electron chi connectivity index (χ3n) is 3.66. The van der Waals surface area contributed by atoms with E-state index >= 15 is 0 Å². The van der Waals surface area contributed by atoms with Crippen molar-refractivity contribution >= 4 is 11.6 Å². The molecule has 24 heavy (non-hydrogen) atoms. The number of nitrogens with one attached hydrogen (secondary N) is 2. The first-order chi connectivity index (χ1) is 11.8. The van der Waals surface area contributed by atoms with Gasteiger partial charge in [-0.2, -0.15) is 5.10 Å². The van der Waals surface area contributed by atoms with Crippen molar-refractivity contribution in [3.8, 4) is 0 Å². The van der Waals surface area contributed by atoms with Crippen molar-refractivity contribution in [1.82, 2.24) is 20.4 Å². The number of rotatable bonds is 9. The number of benzene rings is 1. The molecule has 2 N–H and O–H groups in total. The molecule has 0 aliphatic rings. The van der Waals surface area contributed by atoms with Gasteiger partial charge in [-0.25, -0.2) is 0 Å². The second-order valence-electron chi connectivity index (χ2n) is 5.57. The number of para-hydroxylation sites is 1. The van der Waals surface area contributed by atoms with Crippen LogP contribution in [0, 0.1) is 0 Å². The Morgan fingerprint density at radius 2 is 2.04 bits per heavy atom. The van der Waals surface area contributed by atoms with Gasteiger partial charge in [0, 0.05) is 57.9 Å². The summed E-state index contributed by atoms with van der Waals surface area (Å²) >= 11 is 0. The summed E-state index contributed by atoms with van der Waals surface area (Å²) in [6.45, 7) is 6.38. The van der Waals surface area contributed by atoms with Crippen LogP contribution in [0.2, 0.25) is 0 Å². The van der Waals surface area contributed by atoms with E-state index in [4.69, 9.17) is 0 Å². The maximum Gasteiger partial charge on any atom is 0.191 e. The van der Waals surface area contributed by atoms with Gasteiger partial charge in [-0.05, 0) is 31.5 Å². The first-order valence-electron chi connectivity index (χ1n) is 8.55. The van der Waals surface area contributed by atoms with Gasteiger partial charge in [-0.1, -0.05) is 18.2 Å². The lowest BCUT2D eigenvalue weighted by Gasteiger charge is -2.20. The third kappa shape index (κ3) is 6.32. The highest BCUT2D eigenvalue weighted by molar-refractivity contribution is 5.79. The maximum absolute atomic E-state index is 4.62. The molecule has 0 saturated heterocycles. The molecule has 0 fully saturated rings. The molecule has 0 unspecified atom stereocenters. The molecule has 0 saturated carbocycles. The van der Waals surface area contributed by atoms with Crippen molar-refractivity contribution in [2.45, 2.75) is 19.9 Å². The van der Waals surface area contributed by atoms with Crippen molar-refractivity contribution in [2.24, 2.45) is 4.99 Å². The summed E-state index contributed by atoms with van der Waals surface area (Å²) in [5.74, 6) is 0.874. The average Bonchev–Trinajstić information content (AvgIpc) is 3.12. The van der Waals surface area contributed by atoms with Crippen LogP contribution in [-0.4, -0.2) is 49.0 Å². The van der Waals surface area contributed by atoms with Crippen molar-refractivity contribution < 1.29 is 0 Å². The Kier molecular flexibility index (Phi) is 7.67. The third-order valence-corrected chi connectivity index (χ3v) is 3.66. The molecule has 0 aliphatic carbocycles. The van der Waals surface area contributed by atoms with Gasteiger partial charge in [0.2, 0.25) is 0 Å². The molecule has 1 heterocycles. The Morgan fingerprint density at radius 1 is 1.21 bits per heavy atom. The number of guanidine groups is 1. The SMILES string of the molecule is CCNC(=NCCCn1cccn1)NCCN(C)c1ccccc1. The summed E-state index contributed by atoms with van der Waals surface area (Å²) in [6.07, 6.45) is 4.76. The zero-order valence-corrected chi connectivity index (χ0v) is 14.7.